The fraction of sp³-hybridized carbons (Fsp3) is 0.500. The SMILES string of the molecule is CC(C)(C)CC(CN)c1nc(Cc2cccc(F)c2)no1. The molecule has 0 bridgehead atoms. The molecule has 2 N–H and O–H groups in total. The molecule has 0 saturated heterocycles. The summed E-state index contributed by atoms with van der Waals surface area (Å²) in [5.41, 5.74) is 6.78. The number of hydrogen-bond donors (Lipinski definition) is 1. The van der Waals surface area contributed by atoms with E-state index in [2.05, 4.69) is 30.9 Å². The van der Waals surface area contributed by atoms with Crippen LogP contribution in [-0.2, 0) is 6.42 Å². The molecule has 21 heavy (non-hydrogen) atoms. The first kappa shape index (κ1) is 15.6. The number of hydrogen-bond acceptors (Lipinski definition) is 4. The molecule has 0 aliphatic carbocycles. The van der Waals surface area contributed by atoms with Crippen LogP contribution in [0.15, 0.2) is 28.8 Å². The van der Waals surface area contributed by atoms with E-state index in [0.29, 0.717) is 24.7 Å². The maximum Gasteiger partial charge on any atom is 0.231 e. The second-order valence-electron chi connectivity index (χ2n) is 6.55. The van der Waals surface area contributed by atoms with Crippen molar-refractivity contribution in [1.29, 1.82) is 0 Å². The Morgan fingerprint density at radius 1 is 1.33 bits per heavy atom. The highest BCUT2D eigenvalue weighted by molar-refractivity contribution is 5.19. The van der Waals surface area contributed by atoms with Gasteiger partial charge in [0.25, 0.3) is 0 Å². The van der Waals surface area contributed by atoms with E-state index in [4.69, 9.17) is 10.3 Å². The van der Waals surface area contributed by atoms with Crippen molar-refractivity contribution in [3.05, 3.63) is 47.4 Å². The topological polar surface area (TPSA) is 64.9 Å². The Hall–Kier alpha value is -1.75. The van der Waals surface area contributed by atoms with E-state index in [9.17, 15) is 4.39 Å². The van der Waals surface area contributed by atoms with Crippen LogP contribution in [0.2, 0.25) is 0 Å². The predicted octanol–water partition coefficient (Wildman–Crippen LogP) is 3.28. The highest BCUT2D eigenvalue weighted by Gasteiger charge is 2.24. The lowest BCUT2D eigenvalue weighted by molar-refractivity contribution is 0.286. The summed E-state index contributed by atoms with van der Waals surface area (Å²) in [6.45, 7) is 6.93. The maximum atomic E-state index is 13.2. The molecular weight excluding hydrogens is 269 g/mol. The van der Waals surface area contributed by atoms with E-state index in [1.54, 1.807) is 6.07 Å². The van der Waals surface area contributed by atoms with E-state index < -0.39 is 0 Å². The van der Waals surface area contributed by atoms with Crippen LogP contribution in [-0.4, -0.2) is 16.7 Å². The van der Waals surface area contributed by atoms with Crippen LogP contribution in [0.3, 0.4) is 0 Å². The zero-order chi connectivity index (χ0) is 15.5. The molecule has 1 aromatic carbocycles. The van der Waals surface area contributed by atoms with Gasteiger partial charge in [0, 0.05) is 13.0 Å². The lowest BCUT2D eigenvalue weighted by atomic mass is 9.84. The van der Waals surface area contributed by atoms with Crippen molar-refractivity contribution >= 4 is 0 Å². The second-order valence-corrected chi connectivity index (χ2v) is 6.55. The van der Waals surface area contributed by atoms with Gasteiger partial charge in [0.15, 0.2) is 5.82 Å². The molecule has 0 aliphatic rings. The number of benzene rings is 1. The van der Waals surface area contributed by atoms with Gasteiger partial charge in [0.1, 0.15) is 5.82 Å². The molecule has 1 atom stereocenters. The molecule has 0 aliphatic heterocycles. The third-order valence-electron chi connectivity index (χ3n) is 3.23. The van der Waals surface area contributed by atoms with Gasteiger partial charge in [-0.25, -0.2) is 4.39 Å². The van der Waals surface area contributed by atoms with Crippen LogP contribution < -0.4 is 5.73 Å². The standard InChI is InChI=1S/C16H22FN3O/c1-16(2,3)9-12(10-18)15-19-14(20-21-15)8-11-5-4-6-13(17)7-11/h4-7,12H,8-10,18H2,1-3H3. The smallest absolute Gasteiger partial charge is 0.231 e. The predicted molar refractivity (Wildman–Crippen MR) is 79.4 cm³/mol. The van der Waals surface area contributed by atoms with Gasteiger partial charge < -0.3 is 10.3 Å². The molecule has 2 aromatic rings. The minimum atomic E-state index is -0.260. The first-order chi connectivity index (χ1) is 9.87. The first-order valence-corrected chi connectivity index (χ1v) is 7.14. The number of aromatic nitrogens is 2. The van der Waals surface area contributed by atoms with E-state index in [0.717, 1.165) is 12.0 Å². The molecule has 1 heterocycles. The van der Waals surface area contributed by atoms with Gasteiger partial charge in [-0.1, -0.05) is 38.1 Å². The molecular formula is C16H22FN3O. The van der Waals surface area contributed by atoms with Gasteiger partial charge in [0.05, 0.1) is 5.92 Å². The lowest BCUT2D eigenvalue weighted by Crippen LogP contribution is -2.19. The normalized spacial score (nSPS) is 13.4. The van der Waals surface area contributed by atoms with Crippen molar-refractivity contribution in [2.24, 2.45) is 11.1 Å². The van der Waals surface area contributed by atoms with Crippen molar-refractivity contribution in [2.45, 2.75) is 39.5 Å². The molecule has 0 saturated carbocycles. The Bertz CT molecular complexity index is 589. The fourth-order valence-corrected chi connectivity index (χ4v) is 2.35. The summed E-state index contributed by atoms with van der Waals surface area (Å²) in [6, 6.07) is 6.41. The number of halogens is 1. The molecule has 5 heteroatoms. The highest BCUT2D eigenvalue weighted by atomic mass is 19.1. The minimum absolute atomic E-state index is 0.0544. The number of nitrogens with two attached hydrogens (primary N) is 1. The Labute approximate surface area is 124 Å². The van der Waals surface area contributed by atoms with Gasteiger partial charge in [-0.15, -0.1) is 0 Å². The molecule has 0 fully saturated rings. The van der Waals surface area contributed by atoms with Crippen LogP contribution in [0, 0.1) is 11.2 Å². The summed E-state index contributed by atoms with van der Waals surface area (Å²) in [5.74, 6) is 0.921. The minimum Gasteiger partial charge on any atom is -0.339 e. The summed E-state index contributed by atoms with van der Waals surface area (Å²) in [6.07, 6.45) is 1.33. The summed E-state index contributed by atoms with van der Waals surface area (Å²) in [4.78, 5) is 4.41. The molecule has 1 unspecified atom stereocenters. The van der Waals surface area contributed by atoms with E-state index >= 15 is 0 Å². The van der Waals surface area contributed by atoms with Crippen LogP contribution in [0.1, 0.15) is 50.4 Å². The number of nitrogens with zero attached hydrogens (tertiary/aromatic N) is 2. The fourth-order valence-electron chi connectivity index (χ4n) is 2.35. The highest BCUT2D eigenvalue weighted by Crippen LogP contribution is 2.29. The molecule has 0 amide bonds. The van der Waals surface area contributed by atoms with Gasteiger partial charge in [-0.05, 0) is 29.5 Å². The van der Waals surface area contributed by atoms with Gasteiger partial charge in [0.2, 0.25) is 5.89 Å². The van der Waals surface area contributed by atoms with Crippen LogP contribution in [0.4, 0.5) is 4.39 Å². The average Bonchev–Trinajstić information content (AvgIpc) is 2.83. The Kier molecular flexibility index (Phi) is 4.73. The molecule has 114 valence electrons. The summed E-state index contributed by atoms with van der Waals surface area (Å²) in [5, 5.41) is 3.98. The summed E-state index contributed by atoms with van der Waals surface area (Å²) >= 11 is 0. The van der Waals surface area contributed by atoms with Gasteiger partial charge >= 0.3 is 0 Å². The van der Waals surface area contributed by atoms with E-state index in [-0.39, 0.29) is 17.2 Å². The Balaban J connectivity index is 2.10. The monoisotopic (exact) mass is 291 g/mol. The maximum absolute atomic E-state index is 13.2. The summed E-state index contributed by atoms with van der Waals surface area (Å²) < 4.78 is 18.5. The summed E-state index contributed by atoms with van der Waals surface area (Å²) in [7, 11) is 0. The Morgan fingerprint density at radius 2 is 2.10 bits per heavy atom. The van der Waals surface area contributed by atoms with Crippen molar-refractivity contribution < 1.29 is 8.91 Å². The van der Waals surface area contributed by atoms with Gasteiger partial charge in [-0.2, -0.15) is 4.98 Å². The van der Waals surface area contributed by atoms with Gasteiger partial charge in [-0.3, -0.25) is 0 Å². The second kappa shape index (κ2) is 6.35. The quantitative estimate of drug-likeness (QED) is 0.918. The van der Waals surface area contributed by atoms with E-state index in [1.165, 1.54) is 12.1 Å². The molecule has 4 nitrogen and oxygen atoms in total. The van der Waals surface area contributed by atoms with Crippen LogP contribution in [0.25, 0.3) is 0 Å². The Morgan fingerprint density at radius 3 is 2.71 bits per heavy atom. The zero-order valence-electron chi connectivity index (χ0n) is 12.8. The van der Waals surface area contributed by atoms with Crippen molar-refractivity contribution in [3.63, 3.8) is 0 Å². The first-order valence-electron chi connectivity index (χ1n) is 7.14. The average molecular weight is 291 g/mol. The largest absolute Gasteiger partial charge is 0.339 e. The zero-order valence-corrected chi connectivity index (χ0v) is 12.8. The van der Waals surface area contributed by atoms with Crippen LogP contribution >= 0.6 is 0 Å². The molecule has 0 radical (unpaired) electrons. The van der Waals surface area contributed by atoms with Crippen molar-refractivity contribution in [3.8, 4) is 0 Å². The lowest BCUT2D eigenvalue weighted by Gasteiger charge is -2.22. The molecule has 2 rings (SSSR count). The molecule has 0 spiro atoms. The number of rotatable bonds is 5. The van der Waals surface area contributed by atoms with Crippen molar-refractivity contribution in [2.75, 3.05) is 6.54 Å². The third kappa shape index (κ3) is 4.63. The molecule has 1 aromatic heterocycles. The van der Waals surface area contributed by atoms with Crippen LogP contribution in [0.5, 0.6) is 0 Å². The van der Waals surface area contributed by atoms with Crippen molar-refractivity contribution in [1.82, 2.24) is 10.1 Å². The van der Waals surface area contributed by atoms with E-state index in [1.807, 2.05) is 6.07 Å². The third-order valence-corrected chi connectivity index (χ3v) is 3.23.